The average Bonchev–Trinajstić information content (AvgIpc) is 2.82. The van der Waals surface area contributed by atoms with Gasteiger partial charge in [0.25, 0.3) is 5.91 Å². The van der Waals surface area contributed by atoms with Crippen molar-refractivity contribution < 1.29 is 9.21 Å². The molecule has 2 aromatic rings. The molecular formula is C15H17IN2O2. The van der Waals surface area contributed by atoms with Gasteiger partial charge >= 0.3 is 0 Å². The van der Waals surface area contributed by atoms with E-state index in [0.29, 0.717) is 12.1 Å². The van der Waals surface area contributed by atoms with Crippen LogP contribution in [0.1, 0.15) is 30.0 Å². The van der Waals surface area contributed by atoms with E-state index >= 15 is 0 Å². The van der Waals surface area contributed by atoms with Gasteiger partial charge in [0, 0.05) is 17.3 Å². The van der Waals surface area contributed by atoms with Gasteiger partial charge < -0.3 is 15.1 Å². The van der Waals surface area contributed by atoms with Crippen molar-refractivity contribution in [2.75, 3.05) is 5.32 Å². The molecule has 0 spiro atoms. The summed E-state index contributed by atoms with van der Waals surface area (Å²) < 4.78 is 6.35. The molecule has 1 amide bonds. The third-order valence-corrected chi connectivity index (χ3v) is 3.22. The van der Waals surface area contributed by atoms with Crippen molar-refractivity contribution in [3.8, 4) is 0 Å². The smallest absolute Gasteiger partial charge is 0.251 e. The van der Waals surface area contributed by atoms with Crippen molar-refractivity contribution in [2.45, 2.75) is 26.4 Å². The predicted molar refractivity (Wildman–Crippen MR) is 87.8 cm³/mol. The molecule has 106 valence electrons. The summed E-state index contributed by atoms with van der Waals surface area (Å²) in [5.74, 6) is 0.808. The normalized spacial score (nSPS) is 10.6. The zero-order valence-electron chi connectivity index (χ0n) is 11.4. The van der Waals surface area contributed by atoms with Gasteiger partial charge in [-0.05, 0) is 66.8 Å². The second kappa shape index (κ2) is 6.78. The zero-order chi connectivity index (χ0) is 14.5. The van der Waals surface area contributed by atoms with Crippen molar-refractivity contribution >= 4 is 34.2 Å². The van der Waals surface area contributed by atoms with Crippen LogP contribution in [0.5, 0.6) is 0 Å². The number of amides is 1. The van der Waals surface area contributed by atoms with Gasteiger partial charge in [-0.3, -0.25) is 4.79 Å². The molecule has 20 heavy (non-hydrogen) atoms. The lowest BCUT2D eigenvalue weighted by atomic mass is 10.1. The minimum absolute atomic E-state index is 0.0591. The van der Waals surface area contributed by atoms with Crippen LogP contribution in [-0.4, -0.2) is 11.9 Å². The van der Waals surface area contributed by atoms with Crippen LogP contribution in [0.3, 0.4) is 0 Å². The lowest BCUT2D eigenvalue weighted by Crippen LogP contribution is -2.30. The number of benzene rings is 1. The van der Waals surface area contributed by atoms with E-state index in [0.717, 1.165) is 15.2 Å². The summed E-state index contributed by atoms with van der Waals surface area (Å²) in [5, 5.41) is 6.12. The van der Waals surface area contributed by atoms with Crippen molar-refractivity contribution in [2.24, 2.45) is 0 Å². The molecule has 0 unspecified atom stereocenters. The SMILES string of the molecule is CC(C)NC(=O)c1cccc(NCc2ccc(I)o2)c1. The highest BCUT2D eigenvalue weighted by Gasteiger charge is 2.07. The van der Waals surface area contributed by atoms with Gasteiger partial charge in [0.1, 0.15) is 5.76 Å². The van der Waals surface area contributed by atoms with Crippen LogP contribution >= 0.6 is 22.6 Å². The van der Waals surface area contributed by atoms with Crippen LogP contribution in [0, 0.1) is 3.77 Å². The van der Waals surface area contributed by atoms with E-state index in [1.165, 1.54) is 0 Å². The van der Waals surface area contributed by atoms with E-state index in [1.54, 1.807) is 6.07 Å². The van der Waals surface area contributed by atoms with Crippen LogP contribution in [-0.2, 0) is 6.54 Å². The minimum Gasteiger partial charge on any atom is -0.454 e. The Hall–Kier alpha value is -1.50. The first kappa shape index (κ1) is 14.9. The lowest BCUT2D eigenvalue weighted by Gasteiger charge is -2.10. The second-order valence-corrected chi connectivity index (χ2v) is 5.83. The molecule has 4 nitrogen and oxygen atoms in total. The Morgan fingerprint density at radius 3 is 2.75 bits per heavy atom. The lowest BCUT2D eigenvalue weighted by molar-refractivity contribution is 0.0943. The van der Waals surface area contributed by atoms with Crippen molar-refractivity contribution in [1.29, 1.82) is 0 Å². The molecule has 0 saturated carbocycles. The third kappa shape index (κ3) is 4.26. The largest absolute Gasteiger partial charge is 0.454 e. The monoisotopic (exact) mass is 384 g/mol. The molecule has 0 radical (unpaired) electrons. The quantitative estimate of drug-likeness (QED) is 0.775. The molecule has 0 aliphatic heterocycles. The fourth-order valence-corrected chi connectivity index (χ4v) is 2.21. The summed E-state index contributed by atoms with van der Waals surface area (Å²) in [6, 6.07) is 11.4. The first-order valence-electron chi connectivity index (χ1n) is 6.43. The van der Waals surface area contributed by atoms with Crippen LogP contribution < -0.4 is 10.6 Å². The van der Waals surface area contributed by atoms with Crippen LogP contribution in [0.4, 0.5) is 5.69 Å². The maximum Gasteiger partial charge on any atom is 0.251 e. The Kier molecular flexibility index (Phi) is 5.05. The highest BCUT2D eigenvalue weighted by molar-refractivity contribution is 14.1. The van der Waals surface area contributed by atoms with Gasteiger partial charge in [0.2, 0.25) is 0 Å². The van der Waals surface area contributed by atoms with E-state index in [-0.39, 0.29) is 11.9 Å². The van der Waals surface area contributed by atoms with E-state index in [9.17, 15) is 4.79 Å². The molecule has 0 atom stereocenters. The maximum absolute atomic E-state index is 11.9. The molecule has 1 aromatic heterocycles. The van der Waals surface area contributed by atoms with Crippen LogP contribution in [0.2, 0.25) is 0 Å². The summed E-state index contributed by atoms with van der Waals surface area (Å²) >= 11 is 2.13. The molecule has 2 N–H and O–H groups in total. The summed E-state index contributed by atoms with van der Waals surface area (Å²) in [6.07, 6.45) is 0. The number of carbonyl (C=O) groups is 1. The van der Waals surface area contributed by atoms with Gasteiger partial charge in [0.15, 0.2) is 3.77 Å². The summed E-state index contributed by atoms with van der Waals surface area (Å²) in [5.41, 5.74) is 1.55. The molecule has 0 fully saturated rings. The number of nitrogens with one attached hydrogen (secondary N) is 2. The maximum atomic E-state index is 11.9. The predicted octanol–water partition coefficient (Wildman–Crippen LogP) is 3.63. The van der Waals surface area contributed by atoms with Crippen LogP contribution in [0.15, 0.2) is 40.8 Å². The Morgan fingerprint density at radius 1 is 1.30 bits per heavy atom. The van der Waals surface area contributed by atoms with E-state index in [1.807, 2.05) is 44.2 Å². The van der Waals surface area contributed by atoms with Gasteiger partial charge in [-0.25, -0.2) is 0 Å². The molecular weight excluding hydrogens is 367 g/mol. The highest BCUT2D eigenvalue weighted by atomic mass is 127. The number of carbonyl (C=O) groups excluding carboxylic acids is 1. The number of furan rings is 1. The van der Waals surface area contributed by atoms with E-state index in [4.69, 9.17) is 4.42 Å². The summed E-state index contributed by atoms with van der Waals surface area (Å²) in [6.45, 7) is 4.48. The summed E-state index contributed by atoms with van der Waals surface area (Å²) in [7, 11) is 0. The van der Waals surface area contributed by atoms with Crippen molar-refractivity contribution in [1.82, 2.24) is 5.32 Å². The average molecular weight is 384 g/mol. The van der Waals surface area contributed by atoms with Gasteiger partial charge in [-0.15, -0.1) is 0 Å². The van der Waals surface area contributed by atoms with Crippen LogP contribution in [0.25, 0.3) is 0 Å². The number of halogens is 1. The number of hydrogen-bond donors (Lipinski definition) is 2. The second-order valence-electron chi connectivity index (χ2n) is 4.77. The van der Waals surface area contributed by atoms with Crippen molar-refractivity contribution in [3.63, 3.8) is 0 Å². The topological polar surface area (TPSA) is 54.3 Å². The fraction of sp³-hybridized carbons (Fsp3) is 0.267. The number of anilines is 1. The Bertz CT molecular complexity index is 593. The fourth-order valence-electron chi connectivity index (χ4n) is 1.75. The molecule has 0 aliphatic rings. The Morgan fingerprint density at radius 2 is 2.10 bits per heavy atom. The van der Waals surface area contributed by atoms with Gasteiger partial charge in [-0.2, -0.15) is 0 Å². The molecule has 0 bridgehead atoms. The molecule has 1 aromatic carbocycles. The molecule has 0 aliphatic carbocycles. The molecule has 0 saturated heterocycles. The van der Waals surface area contributed by atoms with E-state index < -0.39 is 0 Å². The van der Waals surface area contributed by atoms with Gasteiger partial charge in [0.05, 0.1) is 6.54 Å². The molecule has 2 rings (SSSR count). The molecule has 1 heterocycles. The minimum atomic E-state index is -0.0591. The van der Waals surface area contributed by atoms with Crippen molar-refractivity contribution in [3.05, 3.63) is 51.5 Å². The summed E-state index contributed by atoms with van der Waals surface area (Å²) in [4.78, 5) is 11.9. The Balaban J connectivity index is 2.00. The standard InChI is InChI=1S/C15H17IN2O2/c1-10(2)18-15(19)11-4-3-5-12(8-11)17-9-13-6-7-14(16)20-13/h3-8,10,17H,9H2,1-2H3,(H,18,19). The number of hydrogen-bond acceptors (Lipinski definition) is 3. The first-order chi connectivity index (χ1) is 9.54. The number of rotatable bonds is 5. The first-order valence-corrected chi connectivity index (χ1v) is 7.51. The third-order valence-electron chi connectivity index (χ3n) is 2.64. The van der Waals surface area contributed by atoms with Gasteiger partial charge in [-0.1, -0.05) is 6.07 Å². The molecule has 5 heteroatoms. The zero-order valence-corrected chi connectivity index (χ0v) is 13.6. The van der Waals surface area contributed by atoms with E-state index in [2.05, 4.69) is 33.2 Å². The highest BCUT2D eigenvalue weighted by Crippen LogP contribution is 2.14. The Labute approximate surface area is 132 Å².